The molecule has 5 aromatic carbocycles. The molecule has 48 heavy (non-hydrogen) atoms. The van der Waals surface area contributed by atoms with Crippen molar-refractivity contribution < 1.29 is 0 Å². The van der Waals surface area contributed by atoms with Crippen molar-refractivity contribution in [2.75, 3.05) is 0 Å². The maximum Gasteiger partial charge on any atom is 0.0599 e. The van der Waals surface area contributed by atoms with Gasteiger partial charge in [0.15, 0.2) is 0 Å². The van der Waals surface area contributed by atoms with E-state index in [0.29, 0.717) is 0 Å². The second kappa shape index (κ2) is 10.6. The van der Waals surface area contributed by atoms with E-state index in [0.717, 1.165) is 0 Å². The van der Waals surface area contributed by atoms with Crippen LogP contribution >= 0.6 is 0 Å². The Morgan fingerprint density at radius 1 is 0.354 bits per heavy atom. The lowest BCUT2D eigenvalue weighted by Crippen LogP contribution is -2.18. The summed E-state index contributed by atoms with van der Waals surface area (Å²) in [4.78, 5) is 0. The standard InChI is InChI=1S/C46H52N2/c1-43(2,3)29-18-17-19-32(25-29)47-38-22-15-13-20-34(38)36-28-37-35-21-14-16-23-39(35)48(42(37)40(41(36)47)46(10,11)12)33-26-30(44(4,5)6)24-31(27-33)45(7,8)9/h13-28H,1-12H3. The van der Waals surface area contributed by atoms with Crippen LogP contribution in [0.4, 0.5) is 0 Å². The van der Waals surface area contributed by atoms with Crippen molar-refractivity contribution in [2.24, 2.45) is 0 Å². The van der Waals surface area contributed by atoms with E-state index < -0.39 is 0 Å². The van der Waals surface area contributed by atoms with Gasteiger partial charge in [-0.1, -0.05) is 138 Å². The van der Waals surface area contributed by atoms with Crippen molar-refractivity contribution in [3.8, 4) is 11.4 Å². The van der Waals surface area contributed by atoms with Crippen LogP contribution in [0.3, 0.4) is 0 Å². The Morgan fingerprint density at radius 2 is 0.792 bits per heavy atom. The fourth-order valence-corrected chi connectivity index (χ4v) is 7.54. The first-order valence-corrected chi connectivity index (χ1v) is 17.6. The van der Waals surface area contributed by atoms with E-state index >= 15 is 0 Å². The summed E-state index contributed by atoms with van der Waals surface area (Å²) in [7, 11) is 0. The Labute approximate surface area is 287 Å². The number of para-hydroxylation sites is 2. The monoisotopic (exact) mass is 632 g/mol. The zero-order chi connectivity index (χ0) is 34.6. The van der Waals surface area contributed by atoms with Gasteiger partial charge in [0.2, 0.25) is 0 Å². The zero-order valence-electron chi connectivity index (χ0n) is 31.1. The summed E-state index contributed by atoms with van der Waals surface area (Å²) < 4.78 is 5.14. The molecule has 0 bridgehead atoms. The largest absolute Gasteiger partial charge is 0.309 e. The van der Waals surface area contributed by atoms with E-state index in [1.165, 1.54) is 77.2 Å². The lowest BCUT2D eigenvalue weighted by molar-refractivity contribution is 0.567. The predicted molar refractivity (Wildman–Crippen MR) is 210 cm³/mol. The quantitative estimate of drug-likeness (QED) is 0.179. The van der Waals surface area contributed by atoms with E-state index in [2.05, 4.69) is 189 Å². The van der Waals surface area contributed by atoms with Crippen LogP contribution in [0.25, 0.3) is 55.0 Å². The molecule has 0 saturated carbocycles. The molecule has 0 radical (unpaired) electrons. The maximum atomic E-state index is 2.59. The molecule has 0 amide bonds. The molecule has 0 aliphatic heterocycles. The summed E-state index contributed by atoms with van der Waals surface area (Å²) >= 11 is 0. The molecule has 0 aliphatic rings. The van der Waals surface area contributed by atoms with Gasteiger partial charge in [0, 0.05) is 38.5 Å². The smallest absolute Gasteiger partial charge is 0.0599 e. The van der Waals surface area contributed by atoms with Crippen LogP contribution in [0.15, 0.2) is 97.1 Å². The Kier molecular flexibility index (Phi) is 7.12. The van der Waals surface area contributed by atoms with Crippen LogP contribution in [0.5, 0.6) is 0 Å². The van der Waals surface area contributed by atoms with Crippen LogP contribution in [-0.4, -0.2) is 9.13 Å². The van der Waals surface area contributed by atoms with Gasteiger partial charge in [-0.3, -0.25) is 0 Å². The number of rotatable bonds is 2. The van der Waals surface area contributed by atoms with Gasteiger partial charge in [-0.2, -0.15) is 0 Å². The second-order valence-electron chi connectivity index (χ2n) is 18.1. The number of aromatic nitrogens is 2. The molecule has 2 aromatic heterocycles. The third-order valence-corrected chi connectivity index (χ3v) is 10.2. The van der Waals surface area contributed by atoms with E-state index in [-0.39, 0.29) is 21.7 Å². The fraction of sp³-hybridized carbons (Fsp3) is 0.348. The molecule has 2 nitrogen and oxygen atoms in total. The van der Waals surface area contributed by atoms with Crippen LogP contribution in [0.2, 0.25) is 0 Å². The van der Waals surface area contributed by atoms with Gasteiger partial charge in [-0.25, -0.2) is 0 Å². The first kappa shape index (κ1) is 32.3. The zero-order valence-corrected chi connectivity index (χ0v) is 31.1. The highest BCUT2D eigenvalue weighted by Crippen LogP contribution is 2.47. The molecular weight excluding hydrogens is 581 g/mol. The number of benzene rings is 5. The normalized spacial score (nSPS) is 13.4. The van der Waals surface area contributed by atoms with Crippen LogP contribution < -0.4 is 0 Å². The van der Waals surface area contributed by atoms with Gasteiger partial charge in [-0.05, 0) is 80.8 Å². The fourth-order valence-electron chi connectivity index (χ4n) is 7.54. The average molecular weight is 633 g/mol. The van der Waals surface area contributed by atoms with Crippen LogP contribution in [-0.2, 0) is 21.7 Å². The SMILES string of the molecule is CC(C)(C)c1cccc(-n2c3ccccc3c3cc4c5ccccc5n(-c5cc(C(C)(C)C)cc(C(C)(C)C)c5)c4c(C(C)(C)C)c32)c1. The van der Waals surface area contributed by atoms with Gasteiger partial charge in [0.1, 0.15) is 0 Å². The molecule has 7 aromatic rings. The molecule has 0 N–H and O–H groups in total. The lowest BCUT2D eigenvalue weighted by Gasteiger charge is -2.28. The molecule has 7 rings (SSSR count). The van der Waals surface area contributed by atoms with Crippen molar-refractivity contribution in [1.82, 2.24) is 9.13 Å². The summed E-state index contributed by atoms with van der Waals surface area (Å²) in [6, 6.07) is 37.0. The highest BCUT2D eigenvalue weighted by molar-refractivity contribution is 6.21. The lowest BCUT2D eigenvalue weighted by atomic mass is 9.80. The first-order valence-electron chi connectivity index (χ1n) is 17.6. The van der Waals surface area contributed by atoms with E-state index in [1.54, 1.807) is 0 Å². The first-order chi connectivity index (χ1) is 22.4. The molecule has 0 unspecified atom stereocenters. The predicted octanol–water partition coefficient (Wildman–Crippen LogP) is 13.1. The molecule has 2 heterocycles. The number of fused-ring (bicyclic) bond motifs is 6. The average Bonchev–Trinajstić information content (AvgIpc) is 3.50. The molecule has 2 heteroatoms. The van der Waals surface area contributed by atoms with Gasteiger partial charge in [-0.15, -0.1) is 0 Å². The Morgan fingerprint density at radius 3 is 1.25 bits per heavy atom. The summed E-state index contributed by atoms with van der Waals surface area (Å²) in [5.41, 5.74) is 12.9. The highest BCUT2D eigenvalue weighted by atomic mass is 15.0. The van der Waals surface area contributed by atoms with Crippen molar-refractivity contribution in [3.63, 3.8) is 0 Å². The van der Waals surface area contributed by atoms with Crippen molar-refractivity contribution in [3.05, 3.63) is 119 Å². The molecule has 0 saturated heterocycles. The van der Waals surface area contributed by atoms with Gasteiger partial charge < -0.3 is 9.13 Å². The van der Waals surface area contributed by atoms with Crippen molar-refractivity contribution >= 4 is 43.6 Å². The van der Waals surface area contributed by atoms with Crippen LogP contribution in [0.1, 0.15) is 105 Å². The third-order valence-electron chi connectivity index (χ3n) is 10.2. The Balaban J connectivity index is 1.74. The maximum absolute atomic E-state index is 2.59. The summed E-state index contributed by atoms with van der Waals surface area (Å²) in [6.45, 7) is 28.1. The minimum Gasteiger partial charge on any atom is -0.309 e. The molecular formula is C46H52N2. The third kappa shape index (κ3) is 5.16. The summed E-state index contributed by atoms with van der Waals surface area (Å²) in [5, 5.41) is 5.21. The number of hydrogen-bond acceptors (Lipinski definition) is 0. The second-order valence-corrected chi connectivity index (χ2v) is 18.1. The summed E-state index contributed by atoms with van der Waals surface area (Å²) in [5.74, 6) is 0. The number of hydrogen-bond donors (Lipinski definition) is 0. The van der Waals surface area contributed by atoms with Gasteiger partial charge >= 0.3 is 0 Å². The van der Waals surface area contributed by atoms with E-state index in [1.807, 2.05) is 0 Å². The number of nitrogens with zero attached hydrogens (tertiary/aromatic N) is 2. The molecule has 246 valence electrons. The van der Waals surface area contributed by atoms with Crippen molar-refractivity contribution in [2.45, 2.75) is 105 Å². The summed E-state index contributed by atoms with van der Waals surface area (Å²) in [6.07, 6.45) is 0. The Bertz CT molecular complexity index is 2330. The minimum atomic E-state index is -0.161. The van der Waals surface area contributed by atoms with E-state index in [9.17, 15) is 0 Å². The van der Waals surface area contributed by atoms with Crippen LogP contribution in [0, 0.1) is 0 Å². The van der Waals surface area contributed by atoms with Crippen molar-refractivity contribution in [1.29, 1.82) is 0 Å². The highest BCUT2D eigenvalue weighted by Gasteiger charge is 2.30. The minimum absolute atomic E-state index is 0.0133. The Hall–Kier alpha value is -4.30. The van der Waals surface area contributed by atoms with Gasteiger partial charge in [0.05, 0.1) is 22.1 Å². The molecule has 0 atom stereocenters. The van der Waals surface area contributed by atoms with E-state index in [4.69, 9.17) is 0 Å². The molecule has 0 aliphatic carbocycles. The molecule has 0 spiro atoms. The van der Waals surface area contributed by atoms with Gasteiger partial charge in [0.25, 0.3) is 0 Å². The topological polar surface area (TPSA) is 9.86 Å². The molecule has 0 fully saturated rings.